The molecule has 0 aliphatic heterocycles. The molecule has 0 radical (unpaired) electrons. The molecule has 0 unspecified atom stereocenters. The fourth-order valence-corrected chi connectivity index (χ4v) is 3.89. The first-order valence-electron chi connectivity index (χ1n) is 9.78. The number of nitrogens with zero attached hydrogens (tertiary/aromatic N) is 2. The minimum Gasteiger partial charge on any atom is -0.251 e. The number of aryl methyl sites for hydroxylation is 1. The number of hydrogen-bond acceptors (Lipinski definition) is 4. The molecule has 9 heteroatoms. The molecule has 0 atom stereocenters. The summed E-state index contributed by atoms with van der Waals surface area (Å²) < 4.78 is 61.6. The highest BCUT2D eigenvalue weighted by molar-refractivity contribution is 7.89. The Balaban J connectivity index is 1.70. The molecule has 0 amide bonds. The zero-order chi connectivity index (χ0) is 23.8. The Labute approximate surface area is 188 Å². The van der Waals surface area contributed by atoms with Crippen molar-refractivity contribution in [3.05, 3.63) is 90.1 Å². The predicted molar refractivity (Wildman–Crippen MR) is 119 cm³/mol. The molecular formula is C24H18F3N3O2S. The Bertz CT molecular complexity index is 1420. The van der Waals surface area contributed by atoms with Crippen LogP contribution in [0.2, 0.25) is 0 Å². The van der Waals surface area contributed by atoms with Crippen molar-refractivity contribution in [2.45, 2.75) is 18.0 Å². The molecule has 0 fully saturated rings. The summed E-state index contributed by atoms with van der Waals surface area (Å²) in [6, 6.07) is 19.9. The third kappa shape index (κ3) is 5.10. The largest absolute Gasteiger partial charge is 0.416 e. The molecule has 0 aliphatic carbocycles. The van der Waals surface area contributed by atoms with Gasteiger partial charge in [-0.05, 0) is 66.6 Å². The van der Waals surface area contributed by atoms with Gasteiger partial charge in [0, 0.05) is 11.3 Å². The van der Waals surface area contributed by atoms with E-state index in [0.29, 0.717) is 33.9 Å². The van der Waals surface area contributed by atoms with Gasteiger partial charge in [-0.15, -0.1) is 0 Å². The van der Waals surface area contributed by atoms with Gasteiger partial charge in [-0.2, -0.15) is 13.2 Å². The maximum atomic E-state index is 12.9. The van der Waals surface area contributed by atoms with Gasteiger partial charge in [0.25, 0.3) is 0 Å². The summed E-state index contributed by atoms with van der Waals surface area (Å²) >= 11 is 0. The maximum Gasteiger partial charge on any atom is 0.416 e. The van der Waals surface area contributed by atoms with E-state index in [4.69, 9.17) is 5.14 Å². The second-order valence-corrected chi connectivity index (χ2v) is 9.00. The number of benzene rings is 2. The van der Waals surface area contributed by atoms with E-state index in [0.717, 1.165) is 17.7 Å². The van der Waals surface area contributed by atoms with Crippen molar-refractivity contribution >= 4 is 10.0 Å². The van der Waals surface area contributed by atoms with Crippen LogP contribution in [0, 0.1) is 6.92 Å². The Hall–Kier alpha value is -3.56. The van der Waals surface area contributed by atoms with Crippen molar-refractivity contribution in [2.24, 2.45) is 5.14 Å². The molecule has 4 aromatic rings. The van der Waals surface area contributed by atoms with E-state index in [1.807, 2.05) is 0 Å². The van der Waals surface area contributed by atoms with Gasteiger partial charge in [0.15, 0.2) is 0 Å². The van der Waals surface area contributed by atoms with Crippen molar-refractivity contribution in [3.8, 4) is 33.8 Å². The minimum atomic E-state index is -4.39. The average molecular weight is 469 g/mol. The highest BCUT2D eigenvalue weighted by Crippen LogP contribution is 2.32. The molecule has 2 N–H and O–H groups in total. The first kappa shape index (κ1) is 22.6. The first-order chi connectivity index (χ1) is 15.5. The van der Waals surface area contributed by atoms with Gasteiger partial charge >= 0.3 is 6.18 Å². The summed E-state index contributed by atoms with van der Waals surface area (Å²) in [7, 11) is -3.79. The molecular weight excluding hydrogens is 451 g/mol. The van der Waals surface area contributed by atoms with Crippen molar-refractivity contribution < 1.29 is 21.6 Å². The molecule has 2 aromatic heterocycles. The Morgan fingerprint density at radius 3 is 1.94 bits per heavy atom. The van der Waals surface area contributed by atoms with Crippen LogP contribution < -0.4 is 5.14 Å². The predicted octanol–water partition coefficient (Wildman–Crippen LogP) is 5.45. The number of pyridine rings is 2. The molecule has 2 heterocycles. The number of halogens is 3. The van der Waals surface area contributed by atoms with Gasteiger partial charge in [-0.25, -0.2) is 18.5 Å². The van der Waals surface area contributed by atoms with Gasteiger partial charge in [0.2, 0.25) is 10.0 Å². The van der Waals surface area contributed by atoms with Gasteiger partial charge in [0.05, 0.1) is 27.5 Å². The van der Waals surface area contributed by atoms with Gasteiger partial charge < -0.3 is 0 Å². The quantitative estimate of drug-likeness (QED) is 0.431. The van der Waals surface area contributed by atoms with Crippen LogP contribution in [0.25, 0.3) is 33.8 Å². The van der Waals surface area contributed by atoms with E-state index in [1.165, 1.54) is 24.3 Å². The SMILES string of the molecule is Cc1cc(-c2ccc(C(F)(F)F)cc2)cc(-c2cccc(-c3ccc(S(N)(=O)=O)cc3)n2)n1. The fourth-order valence-electron chi connectivity index (χ4n) is 3.37. The number of primary sulfonamides is 1. The Morgan fingerprint density at radius 1 is 0.727 bits per heavy atom. The number of rotatable bonds is 4. The lowest BCUT2D eigenvalue weighted by Gasteiger charge is -2.10. The summed E-state index contributed by atoms with van der Waals surface area (Å²) in [6.07, 6.45) is -4.39. The highest BCUT2D eigenvalue weighted by Gasteiger charge is 2.30. The molecule has 0 saturated heterocycles. The van der Waals surface area contributed by atoms with Crippen molar-refractivity contribution in [1.82, 2.24) is 9.97 Å². The van der Waals surface area contributed by atoms with Gasteiger partial charge in [0.1, 0.15) is 0 Å². The van der Waals surface area contributed by atoms with Crippen molar-refractivity contribution in [2.75, 3.05) is 0 Å². The number of sulfonamides is 1. The number of hydrogen-bond donors (Lipinski definition) is 1. The fraction of sp³-hybridized carbons (Fsp3) is 0.0833. The van der Waals surface area contributed by atoms with Crippen molar-refractivity contribution in [1.29, 1.82) is 0 Å². The molecule has 4 rings (SSSR count). The molecule has 0 aliphatic rings. The van der Waals surface area contributed by atoms with Gasteiger partial charge in [-0.3, -0.25) is 4.98 Å². The lowest BCUT2D eigenvalue weighted by molar-refractivity contribution is -0.137. The normalized spacial score (nSPS) is 12.0. The van der Waals surface area contributed by atoms with Crippen molar-refractivity contribution in [3.63, 3.8) is 0 Å². The summed E-state index contributed by atoms with van der Waals surface area (Å²) in [5.41, 5.74) is 3.76. The third-order valence-electron chi connectivity index (χ3n) is 4.99. The zero-order valence-corrected chi connectivity index (χ0v) is 18.2. The van der Waals surface area contributed by atoms with Crippen LogP contribution in [0.4, 0.5) is 13.2 Å². The Kier molecular flexibility index (Phi) is 5.77. The molecule has 0 spiro atoms. The molecule has 5 nitrogen and oxygen atoms in total. The number of alkyl halides is 3. The van der Waals surface area contributed by atoms with E-state index >= 15 is 0 Å². The second kappa shape index (κ2) is 8.42. The van der Waals surface area contributed by atoms with Gasteiger partial charge in [-0.1, -0.05) is 30.3 Å². The molecule has 0 saturated carbocycles. The van der Waals surface area contributed by atoms with Crippen LogP contribution in [-0.2, 0) is 16.2 Å². The molecule has 33 heavy (non-hydrogen) atoms. The van der Waals surface area contributed by atoms with Crippen LogP contribution >= 0.6 is 0 Å². The summed E-state index contributed by atoms with van der Waals surface area (Å²) in [5, 5.41) is 5.14. The lowest BCUT2D eigenvalue weighted by Crippen LogP contribution is -2.11. The van der Waals surface area contributed by atoms with Crippen LogP contribution in [0.3, 0.4) is 0 Å². The maximum absolute atomic E-state index is 12.9. The summed E-state index contributed by atoms with van der Waals surface area (Å²) in [6.45, 7) is 1.80. The smallest absolute Gasteiger partial charge is 0.251 e. The molecule has 0 bridgehead atoms. The van der Waals surface area contributed by atoms with E-state index in [9.17, 15) is 21.6 Å². The summed E-state index contributed by atoms with van der Waals surface area (Å²) in [5.74, 6) is 0. The third-order valence-corrected chi connectivity index (χ3v) is 5.92. The highest BCUT2D eigenvalue weighted by atomic mass is 32.2. The zero-order valence-electron chi connectivity index (χ0n) is 17.3. The Morgan fingerprint density at radius 2 is 1.33 bits per heavy atom. The average Bonchev–Trinajstić information content (AvgIpc) is 2.78. The standard InChI is InChI=1S/C24H18F3N3O2S/c1-15-13-18(16-5-9-19(10-6-16)24(25,26)27)14-23(29-15)22-4-2-3-21(30-22)17-7-11-20(12-8-17)33(28,31)32/h2-14H,1H3,(H2,28,31,32). The topological polar surface area (TPSA) is 85.9 Å². The minimum absolute atomic E-state index is 0.00365. The molecule has 168 valence electrons. The monoisotopic (exact) mass is 469 g/mol. The van der Waals surface area contributed by atoms with E-state index < -0.39 is 21.8 Å². The van der Waals surface area contributed by atoms with Crippen LogP contribution in [-0.4, -0.2) is 18.4 Å². The van der Waals surface area contributed by atoms with Crippen LogP contribution in [0.5, 0.6) is 0 Å². The van der Waals surface area contributed by atoms with Crippen LogP contribution in [0.15, 0.2) is 83.8 Å². The van der Waals surface area contributed by atoms with E-state index in [2.05, 4.69) is 9.97 Å². The van der Waals surface area contributed by atoms with E-state index in [-0.39, 0.29) is 4.90 Å². The number of aromatic nitrogens is 2. The van der Waals surface area contributed by atoms with E-state index in [1.54, 1.807) is 49.4 Å². The molecule has 2 aromatic carbocycles. The van der Waals surface area contributed by atoms with Crippen LogP contribution in [0.1, 0.15) is 11.3 Å². The lowest BCUT2D eigenvalue weighted by atomic mass is 10.0. The first-order valence-corrected chi connectivity index (χ1v) is 11.3. The second-order valence-electron chi connectivity index (χ2n) is 7.44. The summed E-state index contributed by atoms with van der Waals surface area (Å²) in [4.78, 5) is 9.17. The number of nitrogens with two attached hydrogens (primary N) is 1.